The van der Waals surface area contributed by atoms with Gasteiger partial charge in [-0.05, 0) is 61.8 Å². The van der Waals surface area contributed by atoms with Crippen molar-refractivity contribution in [2.45, 2.75) is 0 Å². The minimum atomic E-state index is 0.936. The summed E-state index contributed by atoms with van der Waals surface area (Å²) in [4.78, 5) is 0. The molecule has 6 aromatic carbocycles. The number of para-hydroxylation sites is 1. The molecular formula is C34H20OS. The van der Waals surface area contributed by atoms with Crippen molar-refractivity contribution in [2.75, 3.05) is 0 Å². The molecule has 0 aliphatic rings. The highest BCUT2D eigenvalue weighted by Gasteiger charge is 2.21. The summed E-state index contributed by atoms with van der Waals surface area (Å²) in [7, 11) is 0. The van der Waals surface area contributed by atoms with Crippen LogP contribution in [0, 0.1) is 0 Å². The van der Waals surface area contributed by atoms with Gasteiger partial charge in [0.2, 0.25) is 0 Å². The molecule has 0 saturated carbocycles. The highest BCUT2D eigenvalue weighted by atomic mass is 32.1. The predicted molar refractivity (Wildman–Crippen MR) is 155 cm³/mol. The zero-order valence-electron chi connectivity index (χ0n) is 19.4. The maximum absolute atomic E-state index is 6.41. The highest BCUT2D eigenvalue weighted by Crippen LogP contribution is 2.48. The Balaban J connectivity index is 1.58. The lowest BCUT2D eigenvalue weighted by Gasteiger charge is -2.18. The van der Waals surface area contributed by atoms with E-state index in [1.165, 1.54) is 64.7 Å². The van der Waals surface area contributed by atoms with Gasteiger partial charge in [-0.25, -0.2) is 0 Å². The summed E-state index contributed by atoms with van der Waals surface area (Å²) in [5, 5.41) is 10.9. The standard InChI is InChI=1S/C34H20OS/c1-2-10-21(11-3-1)31-22-12-4-6-14-24(22)32(25-15-7-5-13-23(25)31)28-20-30-33(27-18-19-36-34(27)28)26-16-8-9-17-29(26)35-30/h1-20H. The van der Waals surface area contributed by atoms with Gasteiger partial charge in [0.15, 0.2) is 0 Å². The largest absolute Gasteiger partial charge is 0.456 e. The summed E-state index contributed by atoms with van der Waals surface area (Å²) < 4.78 is 7.72. The van der Waals surface area contributed by atoms with E-state index in [-0.39, 0.29) is 0 Å². The molecule has 2 heterocycles. The minimum absolute atomic E-state index is 0.936. The Labute approximate surface area is 211 Å². The summed E-state index contributed by atoms with van der Waals surface area (Å²) in [6.45, 7) is 0. The summed E-state index contributed by atoms with van der Waals surface area (Å²) >= 11 is 1.81. The summed E-state index contributed by atoms with van der Waals surface area (Å²) in [5.41, 5.74) is 6.92. The Bertz CT molecular complexity index is 2040. The SMILES string of the molecule is c1ccc(-c2c3ccccc3c(-c3cc4oc5ccccc5c4c4ccsc34)c3ccccc23)cc1. The van der Waals surface area contributed by atoms with Crippen molar-refractivity contribution in [2.24, 2.45) is 0 Å². The quantitative estimate of drug-likeness (QED) is 0.226. The Hall–Kier alpha value is -4.40. The van der Waals surface area contributed by atoms with Gasteiger partial charge in [0.1, 0.15) is 11.2 Å². The van der Waals surface area contributed by atoms with E-state index >= 15 is 0 Å². The third kappa shape index (κ3) is 2.71. The number of hydrogen-bond donors (Lipinski definition) is 0. The number of rotatable bonds is 2. The van der Waals surface area contributed by atoms with Crippen molar-refractivity contribution < 1.29 is 4.42 Å². The molecule has 0 bridgehead atoms. The van der Waals surface area contributed by atoms with Crippen LogP contribution in [-0.4, -0.2) is 0 Å². The molecule has 0 N–H and O–H groups in total. The predicted octanol–water partition coefficient (Wildman–Crippen LogP) is 10.4. The smallest absolute Gasteiger partial charge is 0.136 e. The maximum Gasteiger partial charge on any atom is 0.136 e. The molecule has 8 rings (SSSR count). The van der Waals surface area contributed by atoms with Gasteiger partial charge in [-0.2, -0.15) is 0 Å². The van der Waals surface area contributed by atoms with E-state index in [1.54, 1.807) is 0 Å². The van der Waals surface area contributed by atoms with E-state index in [9.17, 15) is 0 Å². The summed E-state index contributed by atoms with van der Waals surface area (Å²) in [5.74, 6) is 0. The molecule has 1 nitrogen and oxygen atoms in total. The average Bonchev–Trinajstić information content (AvgIpc) is 3.56. The van der Waals surface area contributed by atoms with Crippen LogP contribution < -0.4 is 0 Å². The molecule has 0 unspecified atom stereocenters. The summed E-state index contributed by atoms with van der Waals surface area (Å²) in [6, 6.07) is 41.3. The second kappa shape index (κ2) is 7.55. The molecule has 168 valence electrons. The fourth-order valence-corrected chi connectivity index (χ4v) is 6.80. The molecule has 0 saturated heterocycles. The minimum Gasteiger partial charge on any atom is -0.456 e. The molecule has 0 spiro atoms. The number of fused-ring (bicyclic) bond motifs is 7. The van der Waals surface area contributed by atoms with Crippen molar-refractivity contribution in [3.8, 4) is 22.3 Å². The van der Waals surface area contributed by atoms with Gasteiger partial charge in [0.05, 0.1) is 0 Å². The topological polar surface area (TPSA) is 13.1 Å². The second-order valence-corrected chi connectivity index (χ2v) is 10.2. The van der Waals surface area contributed by atoms with Crippen LogP contribution in [-0.2, 0) is 0 Å². The maximum atomic E-state index is 6.41. The van der Waals surface area contributed by atoms with Crippen molar-refractivity contribution in [1.82, 2.24) is 0 Å². The van der Waals surface area contributed by atoms with Gasteiger partial charge in [0.25, 0.3) is 0 Å². The first-order chi connectivity index (χ1) is 17.9. The Morgan fingerprint density at radius 1 is 0.472 bits per heavy atom. The molecule has 0 amide bonds. The number of hydrogen-bond acceptors (Lipinski definition) is 2. The zero-order valence-corrected chi connectivity index (χ0v) is 20.2. The van der Waals surface area contributed by atoms with E-state index in [2.05, 4.69) is 115 Å². The molecule has 8 aromatic rings. The van der Waals surface area contributed by atoms with Gasteiger partial charge in [-0.3, -0.25) is 0 Å². The van der Waals surface area contributed by atoms with Crippen LogP contribution in [0.5, 0.6) is 0 Å². The molecule has 0 radical (unpaired) electrons. The van der Waals surface area contributed by atoms with Gasteiger partial charge < -0.3 is 4.42 Å². The molecule has 0 atom stereocenters. The van der Waals surface area contributed by atoms with Crippen molar-refractivity contribution in [3.05, 3.63) is 121 Å². The third-order valence-electron chi connectivity index (χ3n) is 7.34. The van der Waals surface area contributed by atoms with Gasteiger partial charge in [-0.15, -0.1) is 11.3 Å². The fraction of sp³-hybridized carbons (Fsp3) is 0. The van der Waals surface area contributed by atoms with E-state index in [1.807, 2.05) is 17.4 Å². The highest BCUT2D eigenvalue weighted by molar-refractivity contribution is 7.18. The monoisotopic (exact) mass is 476 g/mol. The molecular weight excluding hydrogens is 456 g/mol. The average molecular weight is 477 g/mol. The van der Waals surface area contributed by atoms with E-state index in [4.69, 9.17) is 4.42 Å². The van der Waals surface area contributed by atoms with Crippen LogP contribution in [0.25, 0.3) is 75.8 Å². The lowest BCUT2D eigenvalue weighted by atomic mass is 9.85. The molecule has 2 aromatic heterocycles. The molecule has 2 heteroatoms. The van der Waals surface area contributed by atoms with E-state index in [0.29, 0.717) is 0 Å². The van der Waals surface area contributed by atoms with Crippen LogP contribution in [0.15, 0.2) is 125 Å². The summed E-state index contributed by atoms with van der Waals surface area (Å²) in [6.07, 6.45) is 0. The third-order valence-corrected chi connectivity index (χ3v) is 8.29. The molecule has 0 fully saturated rings. The first-order valence-corrected chi connectivity index (χ1v) is 13.1. The Morgan fingerprint density at radius 2 is 1.06 bits per heavy atom. The van der Waals surface area contributed by atoms with E-state index < -0.39 is 0 Å². The van der Waals surface area contributed by atoms with Crippen molar-refractivity contribution >= 4 is 64.9 Å². The van der Waals surface area contributed by atoms with E-state index in [0.717, 1.165) is 11.2 Å². The second-order valence-electron chi connectivity index (χ2n) is 9.27. The van der Waals surface area contributed by atoms with Gasteiger partial charge >= 0.3 is 0 Å². The number of furan rings is 1. The van der Waals surface area contributed by atoms with Crippen LogP contribution in [0.2, 0.25) is 0 Å². The molecule has 36 heavy (non-hydrogen) atoms. The molecule has 0 aliphatic heterocycles. The Morgan fingerprint density at radius 3 is 1.75 bits per heavy atom. The lowest BCUT2D eigenvalue weighted by Crippen LogP contribution is -1.91. The van der Waals surface area contributed by atoms with Crippen LogP contribution in [0.3, 0.4) is 0 Å². The Kier molecular flexibility index (Phi) is 4.16. The van der Waals surface area contributed by atoms with Crippen molar-refractivity contribution in [3.63, 3.8) is 0 Å². The zero-order chi connectivity index (χ0) is 23.6. The number of benzene rings is 6. The first-order valence-electron chi connectivity index (χ1n) is 12.2. The van der Waals surface area contributed by atoms with Crippen LogP contribution in [0.1, 0.15) is 0 Å². The molecule has 0 aliphatic carbocycles. The van der Waals surface area contributed by atoms with Gasteiger partial charge in [0, 0.05) is 26.4 Å². The normalized spacial score (nSPS) is 11.9. The van der Waals surface area contributed by atoms with Crippen LogP contribution in [0.4, 0.5) is 0 Å². The fourth-order valence-electron chi connectivity index (χ4n) is 5.88. The first kappa shape index (κ1) is 19.9. The van der Waals surface area contributed by atoms with Gasteiger partial charge in [-0.1, -0.05) is 97.1 Å². The number of thiophene rings is 1. The lowest BCUT2D eigenvalue weighted by molar-refractivity contribution is 0.669. The van der Waals surface area contributed by atoms with Crippen molar-refractivity contribution in [1.29, 1.82) is 0 Å². The van der Waals surface area contributed by atoms with Crippen LogP contribution >= 0.6 is 11.3 Å².